The Hall–Kier alpha value is -3.38. The fraction of sp³-hybridized carbons (Fsp3) is 0.423. The predicted octanol–water partition coefficient (Wildman–Crippen LogP) is 2.17. The molecule has 8 nitrogen and oxygen atoms in total. The Morgan fingerprint density at radius 1 is 1.15 bits per heavy atom. The van der Waals surface area contributed by atoms with Crippen LogP contribution in [0, 0.1) is 23.4 Å². The van der Waals surface area contributed by atoms with E-state index in [1.807, 2.05) is 25.7 Å². The molecule has 1 aromatic heterocycles. The van der Waals surface area contributed by atoms with Crippen LogP contribution in [0.25, 0.3) is 11.8 Å². The third-order valence-electron chi connectivity index (χ3n) is 7.23. The summed E-state index contributed by atoms with van der Waals surface area (Å²) in [6.45, 7) is 8.03. The van der Waals surface area contributed by atoms with Crippen LogP contribution in [-0.4, -0.2) is 47.9 Å². The van der Waals surface area contributed by atoms with Crippen LogP contribution in [0.1, 0.15) is 32.4 Å². The second-order valence-electron chi connectivity index (χ2n) is 10.1. The van der Waals surface area contributed by atoms with Crippen molar-refractivity contribution in [2.24, 2.45) is 10.9 Å². The van der Waals surface area contributed by atoms with Crippen LogP contribution in [0.5, 0.6) is 0 Å². The quantitative estimate of drug-likeness (QED) is 0.227. The van der Waals surface area contributed by atoms with Crippen molar-refractivity contribution < 1.29 is 17.6 Å². The normalized spacial score (nSPS) is 22.9. The zero-order valence-electron chi connectivity index (χ0n) is 21.5. The molecule has 3 atom stereocenters. The number of aromatic nitrogens is 2. The molecule has 13 heteroatoms. The number of fused-ring (bicyclic) bond motifs is 1. The van der Waals surface area contributed by atoms with E-state index in [2.05, 4.69) is 20.6 Å². The van der Waals surface area contributed by atoms with Crippen molar-refractivity contribution in [3.63, 3.8) is 0 Å². The van der Waals surface area contributed by atoms with Crippen molar-refractivity contribution in [2.45, 2.75) is 39.0 Å². The largest absolute Gasteiger partial charge is 0.395 e. The molecule has 2 unspecified atom stereocenters. The number of anilines is 2. The van der Waals surface area contributed by atoms with Crippen LogP contribution < -0.4 is 37.7 Å². The number of dihydropyridines is 1. The number of allylic oxidation sites excluding steroid dienone is 2. The van der Waals surface area contributed by atoms with Crippen LogP contribution in [0.3, 0.4) is 0 Å². The van der Waals surface area contributed by atoms with E-state index in [0.29, 0.717) is 31.9 Å². The highest BCUT2D eigenvalue weighted by molar-refractivity contribution is 6.34. The van der Waals surface area contributed by atoms with Gasteiger partial charge in [-0.05, 0) is 36.8 Å². The summed E-state index contributed by atoms with van der Waals surface area (Å²) < 4.78 is 60.6. The smallest absolute Gasteiger partial charge is 0.355 e. The molecule has 3 aliphatic heterocycles. The van der Waals surface area contributed by atoms with E-state index >= 15 is 8.78 Å². The van der Waals surface area contributed by atoms with E-state index in [0.717, 1.165) is 5.57 Å². The first-order chi connectivity index (χ1) is 18.5. The SMILES string of the molecule is CC1=C(n2c(=O)nc(N3CCNCC3)c3c2=NC(c2c(F)c(F)c(F)c(N)c2Cl)C(F)C=3)[C@@H](C(C)C)NC=C1. The average molecular weight is 566 g/mol. The van der Waals surface area contributed by atoms with Gasteiger partial charge in [-0.15, -0.1) is 0 Å². The molecule has 0 spiro atoms. The monoisotopic (exact) mass is 565 g/mol. The number of halogens is 5. The zero-order chi connectivity index (χ0) is 28.2. The molecule has 4 heterocycles. The number of alkyl halides is 1. The molecule has 0 radical (unpaired) electrons. The third kappa shape index (κ3) is 4.49. The summed E-state index contributed by atoms with van der Waals surface area (Å²) in [6.07, 6.45) is 2.72. The lowest BCUT2D eigenvalue weighted by molar-refractivity contribution is 0.341. The number of hydrogen-bond acceptors (Lipinski definition) is 7. The molecule has 0 saturated carbocycles. The summed E-state index contributed by atoms with van der Waals surface area (Å²) >= 11 is 6.13. The number of benzene rings is 1. The number of rotatable bonds is 4. The fourth-order valence-corrected chi connectivity index (χ4v) is 5.52. The van der Waals surface area contributed by atoms with E-state index in [-0.39, 0.29) is 28.5 Å². The molecule has 0 bridgehead atoms. The van der Waals surface area contributed by atoms with Gasteiger partial charge in [0.1, 0.15) is 23.5 Å². The lowest BCUT2D eigenvalue weighted by Crippen LogP contribution is -2.55. The van der Waals surface area contributed by atoms with Crippen molar-refractivity contribution >= 4 is 34.9 Å². The number of nitrogens with zero attached hydrogens (tertiary/aromatic N) is 4. The van der Waals surface area contributed by atoms with E-state index in [1.165, 1.54) is 10.6 Å². The molecule has 1 aromatic carbocycles. The highest BCUT2D eigenvalue weighted by Crippen LogP contribution is 2.39. The van der Waals surface area contributed by atoms with Gasteiger partial charge in [0, 0.05) is 31.7 Å². The van der Waals surface area contributed by atoms with Gasteiger partial charge in [-0.3, -0.25) is 4.99 Å². The zero-order valence-corrected chi connectivity index (χ0v) is 22.3. The summed E-state index contributed by atoms with van der Waals surface area (Å²) in [4.78, 5) is 24.4. The van der Waals surface area contributed by atoms with Gasteiger partial charge in [0.05, 0.1) is 27.7 Å². The molecule has 1 saturated heterocycles. The Bertz CT molecular complexity index is 1550. The summed E-state index contributed by atoms with van der Waals surface area (Å²) in [6, 6.07) is -2.07. The highest BCUT2D eigenvalue weighted by Gasteiger charge is 2.35. The third-order valence-corrected chi connectivity index (χ3v) is 7.64. The minimum Gasteiger partial charge on any atom is -0.395 e. The Balaban J connectivity index is 1.86. The molecular weight excluding hydrogens is 538 g/mol. The summed E-state index contributed by atoms with van der Waals surface area (Å²) in [7, 11) is 0. The minimum absolute atomic E-state index is 0.0123. The maximum atomic E-state index is 15.8. The molecule has 0 aliphatic carbocycles. The fourth-order valence-electron chi connectivity index (χ4n) is 5.24. The first kappa shape index (κ1) is 27.2. The number of hydrogen-bond donors (Lipinski definition) is 3. The first-order valence-electron chi connectivity index (χ1n) is 12.6. The average Bonchev–Trinajstić information content (AvgIpc) is 2.92. The maximum Gasteiger partial charge on any atom is 0.355 e. The second kappa shape index (κ2) is 10.3. The van der Waals surface area contributed by atoms with E-state index in [1.54, 1.807) is 12.3 Å². The standard InChI is InChI=1S/C26H28ClF4N7O/c1-11(2)21-23(12(3)4-5-34-21)38-25-13(24(36-26(38)39)37-8-6-33-7-9-37)10-14(28)22(35-25)15-16(27)20(32)19(31)18(30)17(15)29/h4-5,10-11,14,21-22,33-34H,6-9,32H2,1-3H3/t14?,21-,22?/m1/s1. The van der Waals surface area contributed by atoms with Gasteiger partial charge in [0.2, 0.25) is 0 Å². The Labute approximate surface area is 226 Å². The van der Waals surface area contributed by atoms with Crippen LogP contribution in [-0.2, 0) is 0 Å². The molecule has 1 fully saturated rings. The van der Waals surface area contributed by atoms with Gasteiger partial charge >= 0.3 is 5.69 Å². The van der Waals surface area contributed by atoms with Gasteiger partial charge in [0.15, 0.2) is 17.5 Å². The van der Waals surface area contributed by atoms with Gasteiger partial charge < -0.3 is 21.3 Å². The van der Waals surface area contributed by atoms with Gasteiger partial charge in [0.25, 0.3) is 0 Å². The molecule has 3 aliphatic rings. The minimum atomic E-state index is -2.01. The topological polar surface area (TPSA) is 101 Å². The lowest BCUT2D eigenvalue weighted by Gasteiger charge is -2.32. The van der Waals surface area contributed by atoms with Crippen molar-refractivity contribution in [1.82, 2.24) is 20.2 Å². The van der Waals surface area contributed by atoms with Crippen LogP contribution >= 0.6 is 11.6 Å². The number of nitrogens with one attached hydrogen (secondary N) is 2. The Morgan fingerprint density at radius 2 is 1.85 bits per heavy atom. The highest BCUT2D eigenvalue weighted by atomic mass is 35.5. The van der Waals surface area contributed by atoms with Crippen molar-refractivity contribution in [2.75, 3.05) is 36.8 Å². The number of nitrogen functional groups attached to an aromatic ring is 1. The summed E-state index contributed by atoms with van der Waals surface area (Å²) in [5.74, 6) is -4.98. The van der Waals surface area contributed by atoms with Crippen LogP contribution in [0.2, 0.25) is 5.02 Å². The van der Waals surface area contributed by atoms with Crippen LogP contribution in [0.4, 0.5) is 29.1 Å². The maximum absolute atomic E-state index is 15.8. The molecule has 0 amide bonds. The van der Waals surface area contributed by atoms with Gasteiger partial charge in [-0.2, -0.15) is 4.98 Å². The van der Waals surface area contributed by atoms with Crippen LogP contribution in [0.15, 0.2) is 27.6 Å². The number of nitrogens with two attached hydrogens (primary N) is 1. The van der Waals surface area contributed by atoms with E-state index in [4.69, 9.17) is 17.3 Å². The molecule has 2 aromatic rings. The molecule has 39 heavy (non-hydrogen) atoms. The Kier molecular flexibility index (Phi) is 7.19. The molecule has 5 rings (SSSR count). The molecular formula is C26H28ClF4N7O. The second-order valence-corrected chi connectivity index (χ2v) is 10.5. The van der Waals surface area contributed by atoms with E-state index < -0.39 is 51.6 Å². The first-order valence-corrected chi connectivity index (χ1v) is 13.0. The van der Waals surface area contributed by atoms with Crippen molar-refractivity contribution in [3.8, 4) is 0 Å². The lowest BCUT2D eigenvalue weighted by atomic mass is 9.95. The number of piperazine rings is 1. The van der Waals surface area contributed by atoms with Gasteiger partial charge in [-0.1, -0.05) is 25.4 Å². The van der Waals surface area contributed by atoms with Crippen molar-refractivity contribution in [3.05, 3.63) is 67.1 Å². The van der Waals surface area contributed by atoms with E-state index in [9.17, 15) is 13.6 Å². The van der Waals surface area contributed by atoms with Gasteiger partial charge in [-0.25, -0.2) is 26.9 Å². The Morgan fingerprint density at radius 3 is 2.51 bits per heavy atom. The molecule has 208 valence electrons. The van der Waals surface area contributed by atoms with Crippen molar-refractivity contribution in [1.29, 1.82) is 0 Å². The predicted molar refractivity (Wildman–Crippen MR) is 142 cm³/mol. The molecule has 4 N–H and O–H groups in total. The summed E-state index contributed by atoms with van der Waals surface area (Å²) in [5.41, 5.74) is 4.62. The summed E-state index contributed by atoms with van der Waals surface area (Å²) in [5, 5.41) is 6.02.